The number of benzene rings is 1. The molecule has 1 N–H and O–H groups in total. The molecule has 0 fully saturated rings. The molecule has 116 valence electrons. The first-order valence-electron chi connectivity index (χ1n) is 6.73. The van der Waals surface area contributed by atoms with Crippen LogP contribution in [0.1, 0.15) is 0 Å². The van der Waals surface area contributed by atoms with Crippen LogP contribution in [-0.4, -0.2) is 43.6 Å². The Kier molecular flexibility index (Phi) is 5.32. The van der Waals surface area contributed by atoms with Crippen molar-refractivity contribution in [2.75, 3.05) is 42.8 Å². The van der Waals surface area contributed by atoms with E-state index in [1.165, 1.54) is 0 Å². The summed E-state index contributed by atoms with van der Waals surface area (Å²) in [5.74, 6) is 1.17. The highest BCUT2D eigenvalue weighted by molar-refractivity contribution is 9.10. The maximum absolute atomic E-state index is 12.1. The summed E-state index contributed by atoms with van der Waals surface area (Å²) in [4.78, 5) is 24.3. The van der Waals surface area contributed by atoms with Crippen molar-refractivity contribution < 1.29 is 4.79 Å². The molecule has 6 nitrogen and oxygen atoms in total. The number of carbonyl (C=O) groups is 1. The lowest BCUT2D eigenvalue weighted by Gasteiger charge is -2.19. The highest BCUT2D eigenvalue weighted by Gasteiger charge is 2.12. The highest BCUT2D eigenvalue weighted by atomic mass is 79.9. The minimum Gasteiger partial charge on any atom is -0.363 e. The van der Waals surface area contributed by atoms with Crippen LogP contribution in [0.2, 0.25) is 0 Å². The van der Waals surface area contributed by atoms with Crippen molar-refractivity contribution in [2.45, 2.75) is 0 Å². The molecule has 0 aliphatic heterocycles. The maximum Gasteiger partial charge on any atom is 0.244 e. The molecule has 0 radical (unpaired) electrons. The van der Waals surface area contributed by atoms with Crippen molar-refractivity contribution in [3.05, 3.63) is 41.0 Å². The molecule has 0 atom stereocenters. The second-order valence-corrected chi connectivity index (χ2v) is 5.85. The lowest BCUT2D eigenvalue weighted by atomic mass is 10.3. The molecule has 0 saturated heterocycles. The zero-order valence-corrected chi connectivity index (χ0v) is 14.3. The topological polar surface area (TPSA) is 61.4 Å². The van der Waals surface area contributed by atoms with Gasteiger partial charge >= 0.3 is 0 Å². The number of hydrogen-bond donors (Lipinski definition) is 1. The monoisotopic (exact) mass is 363 g/mol. The number of carbonyl (C=O) groups excluding carboxylic acids is 1. The number of likely N-dealkylation sites (N-methyl/N-ethyl adjacent to an activating group) is 1. The molecule has 7 heteroatoms. The first-order valence-corrected chi connectivity index (χ1v) is 7.52. The second-order valence-electron chi connectivity index (χ2n) is 4.99. The van der Waals surface area contributed by atoms with E-state index in [0.717, 1.165) is 16.0 Å². The summed E-state index contributed by atoms with van der Waals surface area (Å²) < 4.78 is 0.844. The number of anilines is 3. The van der Waals surface area contributed by atoms with Crippen LogP contribution in [0.15, 0.2) is 41.0 Å². The van der Waals surface area contributed by atoms with Crippen LogP contribution >= 0.6 is 15.9 Å². The lowest BCUT2D eigenvalue weighted by molar-refractivity contribution is -0.114. The van der Waals surface area contributed by atoms with E-state index in [4.69, 9.17) is 0 Å². The summed E-state index contributed by atoms with van der Waals surface area (Å²) in [7, 11) is 5.60. The fourth-order valence-electron chi connectivity index (χ4n) is 1.81. The third-order valence-corrected chi connectivity index (χ3v) is 3.65. The van der Waals surface area contributed by atoms with Crippen molar-refractivity contribution in [3.8, 4) is 0 Å². The summed E-state index contributed by atoms with van der Waals surface area (Å²) in [5, 5.41) is 2.85. The number of para-hydroxylation sites is 1. The van der Waals surface area contributed by atoms with Crippen molar-refractivity contribution in [1.82, 2.24) is 9.97 Å². The van der Waals surface area contributed by atoms with E-state index in [-0.39, 0.29) is 12.5 Å². The van der Waals surface area contributed by atoms with Crippen LogP contribution in [0.3, 0.4) is 0 Å². The second kappa shape index (κ2) is 7.22. The van der Waals surface area contributed by atoms with Crippen LogP contribution in [0.4, 0.5) is 17.5 Å². The summed E-state index contributed by atoms with van der Waals surface area (Å²) in [6.07, 6.45) is 1.68. The Hall–Kier alpha value is -2.15. The van der Waals surface area contributed by atoms with Crippen molar-refractivity contribution in [3.63, 3.8) is 0 Å². The fraction of sp³-hybridized carbons (Fsp3) is 0.267. The van der Waals surface area contributed by atoms with Crippen molar-refractivity contribution in [1.29, 1.82) is 0 Å². The molecular weight excluding hydrogens is 346 g/mol. The standard InChI is InChI=1S/C15H18BrN5O/c1-20(2)13-8-9-17-15(19-13)21(3)10-14(22)18-12-7-5-4-6-11(12)16/h4-9H,10H2,1-3H3,(H,18,22). The Morgan fingerprint density at radius 3 is 2.64 bits per heavy atom. The Balaban J connectivity index is 2.02. The van der Waals surface area contributed by atoms with Gasteiger partial charge in [-0.25, -0.2) is 4.98 Å². The quantitative estimate of drug-likeness (QED) is 0.883. The smallest absolute Gasteiger partial charge is 0.244 e. The molecule has 0 aliphatic carbocycles. The number of halogens is 1. The van der Waals surface area contributed by atoms with Crippen LogP contribution in [0.25, 0.3) is 0 Å². The summed E-state index contributed by atoms with van der Waals surface area (Å²) >= 11 is 3.40. The van der Waals surface area contributed by atoms with Gasteiger partial charge in [-0.05, 0) is 34.1 Å². The third-order valence-electron chi connectivity index (χ3n) is 2.96. The van der Waals surface area contributed by atoms with Gasteiger partial charge in [-0.3, -0.25) is 4.79 Å². The SMILES string of the molecule is CN(C)c1ccnc(N(C)CC(=O)Nc2ccccc2Br)n1. The fourth-order valence-corrected chi connectivity index (χ4v) is 2.19. The number of hydrogen-bond acceptors (Lipinski definition) is 5. The van der Waals surface area contributed by atoms with Gasteiger partial charge in [0.2, 0.25) is 11.9 Å². The molecule has 1 aromatic heterocycles. The lowest BCUT2D eigenvalue weighted by Crippen LogP contribution is -2.31. The number of nitrogens with one attached hydrogen (secondary N) is 1. The molecule has 22 heavy (non-hydrogen) atoms. The average molecular weight is 364 g/mol. The highest BCUT2D eigenvalue weighted by Crippen LogP contribution is 2.21. The number of rotatable bonds is 5. The molecule has 0 saturated carbocycles. The summed E-state index contributed by atoms with van der Waals surface area (Å²) in [5.41, 5.74) is 0.740. The number of amides is 1. The molecule has 1 heterocycles. The molecule has 0 unspecified atom stereocenters. The number of nitrogens with zero attached hydrogens (tertiary/aromatic N) is 4. The number of aromatic nitrogens is 2. The van der Waals surface area contributed by atoms with E-state index in [0.29, 0.717) is 5.95 Å². The van der Waals surface area contributed by atoms with E-state index in [9.17, 15) is 4.79 Å². The largest absolute Gasteiger partial charge is 0.363 e. The maximum atomic E-state index is 12.1. The van der Waals surface area contributed by atoms with E-state index < -0.39 is 0 Å². The first kappa shape index (κ1) is 16.2. The third kappa shape index (κ3) is 4.17. The van der Waals surface area contributed by atoms with E-state index in [1.54, 1.807) is 18.1 Å². The Labute approximate surface area is 138 Å². The predicted molar refractivity (Wildman–Crippen MR) is 92.4 cm³/mol. The summed E-state index contributed by atoms with van der Waals surface area (Å²) in [6.45, 7) is 0.165. The predicted octanol–water partition coefficient (Wildman–Crippen LogP) is 2.38. The zero-order chi connectivity index (χ0) is 16.1. The molecule has 1 aromatic carbocycles. The summed E-state index contributed by atoms with van der Waals surface area (Å²) in [6, 6.07) is 9.30. The van der Waals surface area contributed by atoms with Crippen molar-refractivity contribution >= 4 is 39.3 Å². The first-order chi connectivity index (χ1) is 10.5. The average Bonchev–Trinajstić information content (AvgIpc) is 2.49. The molecule has 0 spiro atoms. The van der Waals surface area contributed by atoms with E-state index >= 15 is 0 Å². The Bertz CT molecular complexity index is 662. The van der Waals surface area contributed by atoms with Gasteiger partial charge in [0.25, 0.3) is 0 Å². The molecule has 2 aromatic rings. The van der Waals surface area contributed by atoms with E-state index in [1.807, 2.05) is 49.3 Å². The minimum absolute atomic E-state index is 0.131. The van der Waals surface area contributed by atoms with Crippen molar-refractivity contribution in [2.24, 2.45) is 0 Å². The van der Waals surface area contributed by atoms with Gasteiger partial charge in [0.05, 0.1) is 12.2 Å². The van der Waals surface area contributed by atoms with Gasteiger partial charge in [-0.15, -0.1) is 0 Å². The van der Waals surface area contributed by atoms with Gasteiger partial charge < -0.3 is 15.1 Å². The van der Waals surface area contributed by atoms with E-state index in [2.05, 4.69) is 31.2 Å². The van der Waals surface area contributed by atoms with Crippen LogP contribution < -0.4 is 15.1 Å². The van der Waals surface area contributed by atoms with Gasteiger partial charge in [-0.2, -0.15) is 4.98 Å². The van der Waals surface area contributed by atoms with Gasteiger partial charge in [0, 0.05) is 31.8 Å². The normalized spacial score (nSPS) is 10.2. The molecular formula is C15H18BrN5O. The minimum atomic E-state index is -0.131. The zero-order valence-electron chi connectivity index (χ0n) is 12.7. The van der Waals surface area contributed by atoms with Crippen LogP contribution in [0, 0.1) is 0 Å². The molecule has 1 amide bonds. The Morgan fingerprint density at radius 2 is 1.95 bits per heavy atom. The van der Waals surface area contributed by atoms with Crippen LogP contribution in [-0.2, 0) is 4.79 Å². The molecule has 0 aliphatic rings. The molecule has 0 bridgehead atoms. The van der Waals surface area contributed by atoms with Crippen LogP contribution in [0.5, 0.6) is 0 Å². The Morgan fingerprint density at radius 1 is 1.23 bits per heavy atom. The van der Waals surface area contributed by atoms with Gasteiger partial charge in [0.1, 0.15) is 5.82 Å². The van der Waals surface area contributed by atoms with Gasteiger partial charge in [0.15, 0.2) is 0 Å². The molecule has 2 rings (SSSR count). The van der Waals surface area contributed by atoms with Gasteiger partial charge in [-0.1, -0.05) is 12.1 Å².